The smallest absolute Gasteiger partial charge is 0.306 e. The number of hydrogen-bond acceptors (Lipinski definition) is 6. The standard InChI is InChI=1S/C60H108O6/c1-4-7-10-13-16-19-22-25-28-30-33-35-38-41-44-47-50-53-59(62)65-56-57(55-64-58(61)52-49-46-43-40-37-34-31-27-24-21-18-15-12-9-6-3)66-60(63)54-51-48-45-42-39-36-32-29-26-23-20-17-14-11-8-5-2/h16,19,25,27-28,31,33,35,57H,4-15,17-18,20-24,26,29-30,32,34,36-56H2,1-3H3/b19-16-,28-25-,31-27-,35-33-/t57-/m1/s1. The monoisotopic (exact) mass is 925 g/mol. The maximum absolute atomic E-state index is 12.8. The zero-order chi connectivity index (χ0) is 47.9. The molecule has 66 heavy (non-hydrogen) atoms. The Balaban J connectivity index is 4.40. The Hall–Kier alpha value is -2.63. The summed E-state index contributed by atoms with van der Waals surface area (Å²) in [6.07, 6.45) is 66.6. The molecule has 0 fully saturated rings. The normalized spacial score (nSPS) is 12.3. The summed E-state index contributed by atoms with van der Waals surface area (Å²) in [4.78, 5) is 38.1. The zero-order valence-corrected chi connectivity index (χ0v) is 44.0. The predicted molar refractivity (Wildman–Crippen MR) is 284 cm³/mol. The molecule has 0 saturated heterocycles. The Kier molecular flexibility index (Phi) is 52.8. The van der Waals surface area contributed by atoms with Gasteiger partial charge in [0.15, 0.2) is 6.10 Å². The molecule has 0 unspecified atom stereocenters. The Morgan fingerprint density at radius 3 is 0.894 bits per heavy atom. The van der Waals surface area contributed by atoms with Crippen molar-refractivity contribution in [1.29, 1.82) is 0 Å². The number of allylic oxidation sites excluding steroid dienone is 8. The summed E-state index contributed by atoms with van der Waals surface area (Å²) >= 11 is 0. The molecule has 6 nitrogen and oxygen atoms in total. The molecule has 0 aromatic carbocycles. The molecule has 384 valence electrons. The van der Waals surface area contributed by atoms with E-state index >= 15 is 0 Å². The maximum atomic E-state index is 12.8. The minimum Gasteiger partial charge on any atom is -0.462 e. The van der Waals surface area contributed by atoms with E-state index in [0.717, 1.165) is 89.9 Å². The van der Waals surface area contributed by atoms with Crippen LogP contribution in [0, 0.1) is 0 Å². The van der Waals surface area contributed by atoms with Gasteiger partial charge in [-0.15, -0.1) is 0 Å². The van der Waals surface area contributed by atoms with E-state index in [9.17, 15) is 14.4 Å². The molecular weight excluding hydrogens is 817 g/mol. The van der Waals surface area contributed by atoms with Crippen LogP contribution in [0.1, 0.15) is 297 Å². The summed E-state index contributed by atoms with van der Waals surface area (Å²) in [6, 6.07) is 0. The molecular formula is C60H108O6. The summed E-state index contributed by atoms with van der Waals surface area (Å²) in [6.45, 7) is 6.61. The number of carbonyl (C=O) groups is 3. The summed E-state index contributed by atoms with van der Waals surface area (Å²) in [5.74, 6) is -0.897. The van der Waals surface area contributed by atoms with E-state index in [1.54, 1.807) is 0 Å². The second-order valence-electron chi connectivity index (χ2n) is 19.2. The van der Waals surface area contributed by atoms with Gasteiger partial charge < -0.3 is 14.2 Å². The van der Waals surface area contributed by atoms with E-state index in [1.807, 2.05) is 0 Å². The average Bonchev–Trinajstić information content (AvgIpc) is 3.31. The fourth-order valence-electron chi connectivity index (χ4n) is 8.21. The number of ether oxygens (including phenoxy) is 3. The van der Waals surface area contributed by atoms with Crippen LogP contribution in [-0.2, 0) is 28.6 Å². The van der Waals surface area contributed by atoms with Gasteiger partial charge in [-0.1, -0.05) is 243 Å². The van der Waals surface area contributed by atoms with Crippen LogP contribution in [0.15, 0.2) is 48.6 Å². The second-order valence-corrected chi connectivity index (χ2v) is 19.2. The number of carbonyl (C=O) groups excluding carboxylic acids is 3. The van der Waals surface area contributed by atoms with Crippen LogP contribution in [0.3, 0.4) is 0 Å². The minimum atomic E-state index is -0.783. The quantitative estimate of drug-likeness (QED) is 0.0262. The Labute approximate surface area is 409 Å². The molecule has 0 radical (unpaired) electrons. The summed E-state index contributed by atoms with van der Waals surface area (Å²) in [7, 11) is 0. The zero-order valence-electron chi connectivity index (χ0n) is 44.0. The average molecular weight is 926 g/mol. The van der Waals surface area contributed by atoms with Gasteiger partial charge in [0.05, 0.1) is 0 Å². The molecule has 0 N–H and O–H groups in total. The van der Waals surface area contributed by atoms with E-state index in [-0.39, 0.29) is 31.1 Å². The highest BCUT2D eigenvalue weighted by molar-refractivity contribution is 5.71. The SMILES string of the molecule is CCCCC/C=C\C/C=C\C/C=C\CCCCCCC(=O)OC[C@@H](COC(=O)CCCCCCC/C=C\CCCCCCCC)OC(=O)CCCCCCCCCCCCCCCCCC. The molecule has 6 heteroatoms. The summed E-state index contributed by atoms with van der Waals surface area (Å²) < 4.78 is 16.9. The van der Waals surface area contributed by atoms with Crippen LogP contribution in [0.4, 0.5) is 0 Å². The number of hydrogen-bond donors (Lipinski definition) is 0. The van der Waals surface area contributed by atoms with Gasteiger partial charge >= 0.3 is 17.9 Å². The fraction of sp³-hybridized carbons (Fsp3) is 0.817. The molecule has 1 atom stereocenters. The largest absolute Gasteiger partial charge is 0.462 e. The first-order chi connectivity index (χ1) is 32.5. The van der Waals surface area contributed by atoms with E-state index in [1.165, 1.54) is 167 Å². The van der Waals surface area contributed by atoms with Crippen molar-refractivity contribution < 1.29 is 28.6 Å². The van der Waals surface area contributed by atoms with Crippen molar-refractivity contribution in [2.45, 2.75) is 303 Å². The van der Waals surface area contributed by atoms with Gasteiger partial charge in [0.1, 0.15) is 13.2 Å². The van der Waals surface area contributed by atoms with Crippen molar-refractivity contribution in [2.75, 3.05) is 13.2 Å². The molecule has 0 aliphatic heterocycles. The van der Waals surface area contributed by atoms with Gasteiger partial charge in [0.25, 0.3) is 0 Å². The highest BCUT2D eigenvalue weighted by atomic mass is 16.6. The van der Waals surface area contributed by atoms with Gasteiger partial charge in [-0.05, 0) is 83.5 Å². The Morgan fingerprint density at radius 2 is 0.545 bits per heavy atom. The highest BCUT2D eigenvalue weighted by Crippen LogP contribution is 2.16. The van der Waals surface area contributed by atoms with E-state index < -0.39 is 6.10 Å². The molecule has 0 saturated carbocycles. The van der Waals surface area contributed by atoms with Crippen LogP contribution in [0.5, 0.6) is 0 Å². The van der Waals surface area contributed by atoms with E-state index in [0.29, 0.717) is 19.3 Å². The van der Waals surface area contributed by atoms with Gasteiger partial charge in [0, 0.05) is 19.3 Å². The Bertz CT molecular complexity index is 1150. The predicted octanol–water partition coefficient (Wildman–Crippen LogP) is 19.0. The van der Waals surface area contributed by atoms with Crippen LogP contribution in [-0.4, -0.2) is 37.2 Å². The lowest BCUT2D eigenvalue weighted by atomic mass is 10.0. The fourth-order valence-corrected chi connectivity index (χ4v) is 8.21. The van der Waals surface area contributed by atoms with Gasteiger partial charge in [-0.25, -0.2) is 0 Å². The first kappa shape index (κ1) is 63.4. The van der Waals surface area contributed by atoms with Crippen LogP contribution >= 0.6 is 0 Å². The topological polar surface area (TPSA) is 78.9 Å². The number of esters is 3. The molecule has 0 bridgehead atoms. The van der Waals surface area contributed by atoms with Gasteiger partial charge in [0.2, 0.25) is 0 Å². The maximum Gasteiger partial charge on any atom is 0.306 e. The molecule has 0 amide bonds. The van der Waals surface area contributed by atoms with Crippen molar-refractivity contribution in [3.63, 3.8) is 0 Å². The second kappa shape index (κ2) is 55.0. The first-order valence-corrected chi connectivity index (χ1v) is 28.6. The van der Waals surface area contributed by atoms with Crippen LogP contribution < -0.4 is 0 Å². The third-order valence-corrected chi connectivity index (χ3v) is 12.6. The number of unbranched alkanes of at least 4 members (excludes halogenated alkanes) is 33. The molecule has 0 aromatic rings. The van der Waals surface area contributed by atoms with Gasteiger partial charge in [-0.2, -0.15) is 0 Å². The third-order valence-electron chi connectivity index (χ3n) is 12.6. The Morgan fingerprint density at radius 1 is 0.303 bits per heavy atom. The van der Waals surface area contributed by atoms with Crippen molar-refractivity contribution in [3.8, 4) is 0 Å². The van der Waals surface area contributed by atoms with Crippen molar-refractivity contribution in [1.82, 2.24) is 0 Å². The van der Waals surface area contributed by atoms with Crippen LogP contribution in [0.2, 0.25) is 0 Å². The minimum absolute atomic E-state index is 0.0820. The molecule has 0 rings (SSSR count). The molecule has 0 spiro atoms. The van der Waals surface area contributed by atoms with E-state index in [2.05, 4.69) is 69.4 Å². The van der Waals surface area contributed by atoms with Crippen molar-refractivity contribution in [3.05, 3.63) is 48.6 Å². The molecule has 0 heterocycles. The van der Waals surface area contributed by atoms with Crippen LogP contribution in [0.25, 0.3) is 0 Å². The highest BCUT2D eigenvalue weighted by Gasteiger charge is 2.19. The molecule has 0 aliphatic carbocycles. The first-order valence-electron chi connectivity index (χ1n) is 28.6. The molecule has 0 aliphatic rings. The lowest BCUT2D eigenvalue weighted by molar-refractivity contribution is -0.167. The summed E-state index contributed by atoms with van der Waals surface area (Å²) in [5, 5.41) is 0. The lowest BCUT2D eigenvalue weighted by Crippen LogP contribution is -2.30. The third kappa shape index (κ3) is 52.3. The number of rotatable bonds is 52. The van der Waals surface area contributed by atoms with Crippen molar-refractivity contribution in [2.24, 2.45) is 0 Å². The van der Waals surface area contributed by atoms with E-state index in [4.69, 9.17) is 14.2 Å². The van der Waals surface area contributed by atoms with Crippen molar-refractivity contribution >= 4 is 17.9 Å². The summed E-state index contributed by atoms with van der Waals surface area (Å²) in [5.41, 5.74) is 0. The molecule has 0 aromatic heterocycles. The van der Waals surface area contributed by atoms with Gasteiger partial charge in [-0.3, -0.25) is 14.4 Å². The lowest BCUT2D eigenvalue weighted by Gasteiger charge is -2.18.